The summed E-state index contributed by atoms with van der Waals surface area (Å²) in [7, 11) is 0. The van der Waals surface area contributed by atoms with Gasteiger partial charge in [-0.05, 0) is 126 Å². The van der Waals surface area contributed by atoms with Gasteiger partial charge in [-0.2, -0.15) is 0 Å². The third-order valence-corrected chi connectivity index (χ3v) is 6.80. The number of carbonyl (C=O) groups is 2. The van der Waals surface area contributed by atoms with Gasteiger partial charge >= 0.3 is 0 Å². The van der Waals surface area contributed by atoms with E-state index in [4.69, 9.17) is 0 Å². The van der Waals surface area contributed by atoms with Crippen molar-refractivity contribution in [1.82, 2.24) is 0 Å². The zero-order valence-electron chi connectivity index (χ0n) is 25.3. The lowest BCUT2D eigenvalue weighted by Gasteiger charge is -2.04. The van der Waals surface area contributed by atoms with Crippen molar-refractivity contribution in [3.05, 3.63) is 69.9 Å². The van der Waals surface area contributed by atoms with Crippen LogP contribution >= 0.6 is 0 Å². The Morgan fingerprint density at radius 3 is 0.811 bits per heavy atom. The summed E-state index contributed by atoms with van der Waals surface area (Å²) in [6, 6.07) is 0. The topological polar surface area (TPSA) is 34.1 Å². The molecule has 0 saturated carbocycles. The average Bonchev–Trinajstić information content (AvgIpc) is 2.82. The van der Waals surface area contributed by atoms with Crippen LogP contribution in [-0.4, -0.2) is 12.1 Å². The molecule has 0 heterocycles. The molecule has 0 aliphatic carbocycles. The van der Waals surface area contributed by atoms with Crippen LogP contribution in [0.15, 0.2) is 69.9 Å². The molecule has 0 aromatic carbocycles. The SMILES string of the molecule is CC(=O)CC/C=C(/C)CC/C=C(/C)CC/C=C(/C)CC/C=C(/C)CC/C=C(/C)CC/C=C(/C)CCC=O. The summed E-state index contributed by atoms with van der Waals surface area (Å²) in [5, 5.41) is 0. The first-order valence-electron chi connectivity index (χ1n) is 14.5. The van der Waals surface area contributed by atoms with Crippen molar-refractivity contribution in [3.63, 3.8) is 0 Å². The van der Waals surface area contributed by atoms with Crippen molar-refractivity contribution in [3.8, 4) is 0 Å². The lowest BCUT2D eigenvalue weighted by molar-refractivity contribution is -0.117. The Balaban J connectivity index is 4.14. The van der Waals surface area contributed by atoms with Crippen LogP contribution in [0.1, 0.15) is 138 Å². The van der Waals surface area contributed by atoms with E-state index in [0.29, 0.717) is 12.8 Å². The third kappa shape index (κ3) is 23.9. The monoisotopic (exact) mass is 508 g/mol. The average molecular weight is 509 g/mol. The highest BCUT2D eigenvalue weighted by atomic mass is 16.1. The Bertz CT molecular complexity index is 842. The van der Waals surface area contributed by atoms with Crippen molar-refractivity contribution in [1.29, 1.82) is 0 Å². The Labute approximate surface area is 229 Å². The Morgan fingerprint density at radius 2 is 0.595 bits per heavy atom. The van der Waals surface area contributed by atoms with Crippen LogP contribution in [0.25, 0.3) is 0 Å². The van der Waals surface area contributed by atoms with Crippen LogP contribution in [0.2, 0.25) is 0 Å². The van der Waals surface area contributed by atoms with Crippen LogP contribution < -0.4 is 0 Å². The van der Waals surface area contributed by atoms with Gasteiger partial charge in [-0.15, -0.1) is 0 Å². The Kier molecular flexibility index (Phi) is 21.6. The van der Waals surface area contributed by atoms with Gasteiger partial charge in [0, 0.05) is 12.8 Å². The molecule has 37 heavy (non-hydrogen) atoms. The summed E-state index contributed by atoms with van der Waals surface area (Å²) in [4.78, 5) is 21.5. The first-order chi connectivity index (χ1) is 17.6. The lowest BCUT2D eigenvalue weighted by atomic mass is 10.0. The van der Waals surface area contributed by atoms with E-state index in [1.165, 1.54) is 33.4 Å². The summed E-state index contributed by atoms with van der Waals surface area (Å²) in [6.45, 7) is 15.0. The largest absolute Gasteiger partial charge is 0.303 e. The maximum Gasteiger partial charge on any atom is 0.130 e. The van der Waals surface area contributed by atoms with Gasteiger partial charge in [0.15, 0.2) is 0 Å². The van der Waals surface area contributed by atoms with Crippen molar-refractivity contribution in [2.24, 2.45) is 0 Å². The molecule has 0 amide bonds. The molecule has 0 atom stereocenters. The predicted octanol–water partition coefficient (Wildman–Crippen LogP) is 10.9. The first-order valence-corrected chi connectivity index (χ1v) is 14.5. The van der Waals surface area contributed by atoms with Gasteiger partial charge in [-0.25, -0.2) is 0 Å². The second-order valence-electron chi connectivity index (χ2n) is 10.9. The standard InChI is InChI=1S/C35H56O2/c1-29(17-9-19-31(3)21-11-23-33(5)25-13-27-35(7)37)15-8-16-30(2)18-10-20-32(4)22-12-24-34(6)26-14-28-36/h16-17,20-21,24-25,28H,8-15,18-19,22-23,26-27H2,1-7H3/b29-17-,30-16-,31-21-,32-20-,33-25-,34-24-. The molecule has 0 unspecified atom stereocenters. The molecule has 208 valence electrons. The summed E-state index contributed by atoms with van der Waals surface area (Å²) >= 11 is 0. The number of hydrogen-bond acceptors (Lipinski definition) is 2. The highest BCUT2D eigenvalue weighted by Gasteiger charge is 1.96. The smallest absolute Gasteiger partial charge is 0.130 e. The predicted molar refractivity (Wildman–Crippen MR) is 164 cm³/mol. The number of carbonyl (C=O) groups excluding carboxylic acids is 2. The number of ketones is 1. The van der Waals surface area contributed by atoms with E-state index >= 15 is 0 Å². The Hall–Kier alpha value is -2.22. The first kappa shape index (κ1) is 34.8. The van der Waals surface area contributed by atoms with Gasteiger partial charge in [-0.1, -0.05) is 69.9 Å². The molecule has 0 aliphatic heterocycles. The second-order valence-corrected chi connectivity index (χ2v) is 10.9. The molecule has 0 radical (unpaired) electrons. The maximum atomic E-state index is 11.0. The maximum absolute atomic E-state index is 11.0. The fourth-order valence-electron chi connectivity index (χ4n) is 4.15. The van der Waals surface area contributed by atoms with Crippen molar-refractivity contribution in [2.45, 2.75) is 138 Å². The number of allylic oxidation sites excluding steroid dienone is 12. The quantitative estimate of drug-likeness (QED) is 0.114. The van der Waals surface area contributed by atoms with E-state index in [2.05, 4.69) is 78.0 Å². The Morgan fingerprint density at radius 1 is 0.378 bits per heavy atom. The van der Waals surface area contributed by atoms with Gasteiger partial charge in [0.05, 0.1) is 0 Å². The summed E-state index contributed by atoms with van der Waals surface area (Å²) in [5.41, 5.74) is 8.64. The zero-order chi connectivity index (χ0) is 27.9. The molecule has 2 nitrogen and oxygen atoms in total. The molecule has 0 fully saturated rings. The minimum Gasteiger partial charge on any atom is -0.303 e. The highest BCUT2D eigenvalue weighted by molar-refractivity contribution is 5.75. The number of aldehydes is 1. The molecular formula is C35H56O2. The van der Waals surface area contributed by atoms with E-state index < -0.39 is 0 Å². The van der Waals surface area contributed by atoms with Crippen molar-refractivity contribution < 1.29 is 9.59 Å². The fourth-order valence-corrected chi connectivity index (χ4v) is 4.15. The van der Waals surface area contributed by atoms with Crippen molar-refractivity contribution in [2.75, 3.05) is 0 Å². The number of Topliss-reactive ketones (excluding diaryl/α,β-unsaturated/α-hetero) is 1. The van der Waals surface area contributed by atoms with Gasteiger partial charge < -0.3 is 9.59 Å². The second kappa shape index (κ2) is 22.9. The number of rotatable bonds is 21. The minimum atomic E-state index is 0.271. The fraction of sp³-hybridized carbons (Fsp3) is 0.600. The van der Waals surface area contributed by atoms with E-state index in [0.717, 1.165) is 83.3 Å². The van der Waals surface area contributed by atoms with E-state index in [1.54, 1.807) is 6.92 Å². The van der Waals surface area contributed by atoms with E-state index in [9.17, 15) is 9.59 Å². The van der Waals surface area contributed by atoms with Crippen molar-refractivity contribution >= 4 is 12.1 Å². The molecule has 0 saturated heterocycles. The normalized spacial score (nSPS) is 14.4. The van der Waals surface area contributed by atoms with Gasteiger partial charge in [-0.3, -0.25) is 0 Å². The third-order valence-electron chi connectivity index (χ3n) is 6.80. The molecule has 0 rings (SSSR count). The van der Waals surface area contributed by atoms with Crippen LogP contribution in [0.3, 0.4) is 0 Å². The summed E-state index contributed by atoms with van der Waals surface area (Å²) in [5.74, 6) is 0.271. The molecule has 0 aliphatic rings. The molecule has 0 aromatic heterocycles. The van der Waals surface area contributed by atoms with E-state index in [-0.39, 0.29) is 5.78 Å². The molecule has 0 bridgehead atoms. The van der Waals surface area contributed by atoms with Gasteiger partial charge in [0.1, 0.15) is 12.1 Å². The van der Waals surface area contributed by atoms with Crippen LogP contribution in [0.4, 0.5) is 0 Å². The van der Waals surface area contributed by atoms with Crippen LogP contribution in [-0.2, 0) is 9.59 Å². The van der Waals surface area contributed by atoms with E-state index in [1.807, 2.05) is 0 Å². The lowest BCUT2D eigenvalue weighted by Crippen LogP contribution is -1.87. The number of hydrogen-bond donors (Lipinski definition) is 0. The van der Waals surface area contributed by atoms with Crippen LogP contribution in [0, 0.1) is 0 Å². The molecule has 0 N–H and O–H groups in total. The molecule has 0 spiro atoms. The van der Waals surface area contributed by atoms with Gasteiger partial charge in [0.2, 0.25) is 0 Å². The molecular weight excluding hydrogens is 452 g/mol. The highest BCUT2D eigenvalue weighted by Crippen LogP contribution is 2.16. The summed E-state index contributed by atoms with van der Waals surface area (Å²) < 4.78 is 0. The van der Waals surface area contributed by atoms with Crippen LogP contribution in [0.5, 0.6) is 0 Å². The summed E-state index contributed by atoms with van der Waals surface area (Å²) in [6.07, 6.45) is 29.3. The molecule has 2 heteroatoms. The molecule has 0 aromatic rings. The zero-order valence-corrected chi connectivity index (χ0v) is 25.3. The van der Waals surface area contributed by atoms with Gasteiger partial charge in [0.25, 0.3) is 0 Å². The minimum absolute atomic E-state index is 0.271.